The Kier molecular flexibility index (Phi) is 3.19. The van der Waals surface area contributed by atoms with Crippen LogP contribution in [-0.4, -0.2) is 29.3 Å². The average molecular weight is 212 g/mol. The predicted molar refractivity (Wildman–Crippen MR) is 57.9 cm³/mol. The summed E-state index contributed by atoms with van der Waals surface area (Å²) in [5, 5.41) is 0. The molecule has 1 fully saturated rings. The zero-order chi connectivity index (χ0) is 11.8. The summed E-state index contributed by atoms with van der Waals surface area (Å²) in [6.07, 6.45) is 0.313. The average Bonchev–Trinajstić information content (AvgIpc) is 2.38. The summed E-state index contributed by atoms with van der Waals surface area (Å²) in [5.41, 5.74) is 4.95. The minimum absolute atomic E-state index is 0.0690. The summed E-state index contributed by atoms with van der Waals surface area (Å²) >= 11 is 0. The van der Waals surface area contributed by atoms with Crippen molar-refractivity contribution in [3.63, 3.8) is 0 Å². The lowest BCUT2D eigenvalue weighted by molar-refractivity contribution is -0.144. The first-order chi connectivity index (χ1) is 6.84. The van der Waals surface area contributed by atoms with Crippen molar-refractivity contribution in [1.82, 2.24) is 4.90 Å². The van der Waals surface area contributed by atoms with Gasteiger partial charge in [-0.15, -0.1) is 0 Å². The van der Waals surface area contributed by atoms with Crippen LogP contribution in [0, 0.1) is 11.3 Å². The minimum Gasteiger partial charge on any atom is -0.328 e. The van der Waals surface area contributed by atoms with Gasteiger partial charge >= 0.3 is 0 Å². The SMILES string of the molecule is CC(CN)N1C(=O)CC(C)(C(C)C)C1=O. The molecule has 1 aliphatic rings. The molecular weight excluding hydrogens is 192 g/mol. The highest BCUT2D eigenvalue weighted by atomic mass is 16.2. The van der Waals surface area contributed by atoms with Gasteiger partial charge in [-0.3, -0.25) is 14.5 Å². The lowest BCUT2D eigenvalue weighted by Crippen LogP contribution is -2.45. The molecule has 1 rings (SSSR count). The van der Waals surface area contributed by atoms with Gasteiger partial charge in [-0.05, 0) is 19.8 Å². The fourth-order valence-electron chi connectivity index (χ4n) is 1.87. The van der Waals surface area contributed by atoms with E-state index in [1.54, 1.807) is 0 Å². The van der Waals surface area contributed by atoms with Gasteiger partial charge in [0.2, 0.25) is 11.8 Å². The number of nitrogens with two attached hydrogens (primary N) is 1. The van der Waals surface area contributed by atoms with E-state index in [1.165, 1.54) is 4.90 Å². The van der Waals surface area contributed by atoms with Crippen LogP contribution in [0.5, 0.6) is 0 Å². The summed E-state index contributed by atoms with van der Waals surface area (Å²) in [4.78, 5) is 25.2. The summed E-state index contributed by atoms with van der Waals surface area (Å²) in [6.45, 7) is 7.94. The highest BCUT2D eigenvalue weighted by Crippen LogP contribution is 2.39. The van der Waals surface area contributed by atoms with Crippen molar-refractivity contribution in [2.24, 2.45) is 17.1 Å². The van der Waals surface area contributed by atoms with Gasteiger partial charge in [-0.2, -0.15) is 0 Å². The molecule has 0 saturated carbocycles. The van der Waals surface area contributed by atoms with Gasteiger partial charge in [0, 0.05) is 19.0 Å². The maximum absolute atomic E-state index is 12.1. The number of rotatable bonds is 3. The largest absolute Gasteiger partial charge is 0.328 e. The molecule has 0 spiro atoms. The standard InChI is InChI=1S/C11H20N2O2/c1-7(2)11(4)5-9(14)13(10(11)15)8(3)6-12/h7-8H,5-6,12H2,1-4H3. The second kappa shape index (κ2) is 3.93. The number of hydrogen-bond acceptors (Lipinski definition) is 3. The molecule has 0 aromatic carbocycles. The van der Waals surface area contributed by atoms with E-state index >= 15 is 0 Å². The molecular formula is C11H20N2O2. The first kappa shape index (κ1) is 12.2. The van der Waals surface area contributed by atoms with E-state index in [1.807, 2.05) is 27.7 Å². The Morgan fingerprint density at radius 1 is 1.40 bits per heavy atom. The van der Waals surface area contributed by atoms with E-state index in [2.05, 4.69) is 0 Å². The maximum atomic E-state index is 12.1. The Balaban J connectivity index is 2.98. The number of hydrogen-bond donors (Lipinski definition) is 1. The van der Waals surface area contributed by atoms with Crippen molar-refractivity contribution in [3.05, 3.63) is 0 Å². The molecule has 2 amide bonds. The highest BCUT2D eigenvalue weighted by molar-refractivity contribution is 6.06. The molecule has 2 unspecified atom stereocenters. The normalized spacial score (nSPS) is 29.1. The summed E-state index contributed by atoms with van der Waals surface area (Å²) in [5.74, 6) is 0.0125. The fourth-order valence-corrected chi connectivity index (χ4v) is 1.87. The van der Waals surface area contributed by atoms with Crippen LogP contribution >= 0.6 is 0 Å². The minimum atomic E-state index is -0.541. The van der Waals surface area contributed by atoms with Gasteiger partial charge in [0.1, 0.15) is 0 Å². The quantitative estimate of drug-likeness (QED) is 0.702. The Morgan fingerprint density at radius 2 is 1.93 bits per heavy atom. The number of amides is 2. The Morgan fingerprint density at radius 3 is 2.27 bits per heavy atom. The van der Waals surface area contributed by atoms with E-state index in [9.17, 15) is 9.59 Å². The molecule has 0 aromatic heterocycles. The molecule has 4 heteroatoms. The van der Waals surface area contributed by atoms with Crippen molar-refractivity contribution in [2.75, 3.05) is 6.54 Å². The van der Waals surface area contributed by atoms with Crippen LogP contribution in [0.2, 0.25) is 0 Å². The third-order valence-corrected chi connectivity index (χ3v) is 3.55. The van der Waals surface area contributed by atoms with Gasteiger partial charge in [0.25, 0.3) is 0 Å². The van der Waals surface area contributed by atoms with Crippen molar-refractivity contribution in [3.8, 4) is 0 Å². The van der Waals surface area contributed by atoms with Crippen LogP contribution in [0.3, 0.4) is 0 Å². The van der Waals surface area contributed by atoms with E-state index < -0.39 is 5.41 Å². The topological polar surface area (TPSA) is 63.4 Å². The van der Waals surface area contributed by atoms with Crippen molar-refractivity contribution in [1.29, 1.82) is 0 Å². The monoisotopic (exact) mass is 212 g/mol. The lowest BCUT2D eigenvalue weighted by Gasteiger charge is -2.28. The van der Waals surface area contributed by atoms with Gasteiger partial charge in [-0.1, -0.05) is 13.8 Å². The zero-order valence-electron chi connectivity index (χ0n) is 9.91. The molecule has 2 N–H and O–H groups in total. The first-order valence-corrected chi connectivity index (χ1v) is 5.41. The summed E-state index contributed by atoms with van der Waals surface area (Å²) in [7, 11) is 0. The van der Waals surface area contributed by atoms with E-state index in [0.29, 0.717) is 13.0 Å². The number of carbonyl (C=O) groups is 2. The van der Waals surface area contributed by atoms with Gasteiger partial charge < -0.3 is 5.73 Å². The molecule has 0 radical (unpaired) electrons. The third kappa shape index (κ3) is 1.78. The first-order valence-electron chi connectivity index (χ1n) is 5.41. The maximum Gasteiger partial charge on any atom is 0.236 e. The van der Waals surface area contributed by atoms with Crippen LogP contribution < -0.4 is 5.73 Å². The molecule has 4 nitrogen and oxygen atoms in total. The molecule has 0 aromatic rings. The molecule has 1 heterocycles. The lowest BCUT2D eigenvalue weighted by atomic mass is 9.78. The number of likely N-dealkylation sites (tertiary alicyclic amines) is 1. The van der Waals surface area contributed by atoms with Crippen LogP contribution in [0.25, 0.3) is 0 Å². The number of imide groups is 1. The molecule has 2 atom stereocenters. The van der Waals surface area contributed by atoms with Crippen LogP contribution in [0.4, 0.5) is 0 Å². The van der Waals surface area contributed by atoms with E-state index in [4.69, 9.17) is 5.73 Å². The highest BCUT2D eigenvalue weighted by Gasteiger charge is 2.50. The smallest absolute Gasteiger partial charge is 0.236 e. The molecule has 0 bridgehead atoms. The third-order valence-electron chi connectivity index (χ3n) is 3.55. The number of carbonyl (C=O) groups excluding carboxylic acids is 2. The molecule has 86 valence electrons. The predicted octanol–water partition coefficient (Wildman–Crippen LogP) is 0.755. The number of nitrogens with zero attached hydrogens (tertiary/aromatic N) is 1. The Bertz CT molecular complexity index is 288. The molecule has 0 aliphatic carbocycles. The van der Waals surface area contributed by atoms with Crippen LogP contribution in [0.15, 0.2) is 0 Å². The van der Waals surface area contributed by atoms with Crippen molar-refractivity contribution in [2.45, 2.75) is 40.2 Å². The molecule has 1 aliphatic heterocycles. The summed E-state index contributed by atoms with van der Waals surface area (Å²) in [6, 6.07) is -0.189. The second-order valence-corrected chi connectivity index (χ2v) is 4.90. The summed E-state index contributed by atoms with van der Waals surface area (Å²) < 4.78 is 0. The Labute approximate surface area is 90.8 Å². The van der Waals surface area contributed by atoms with E-state index in [-0.39, 0.29) is 23.8 Å². The Hall–Kier alpha value is -0.900. The van der Waals surface area contributed by atoms with E-state index in [0.717, 1.165) is 0 Å². The van der Waals surface area contributed by atoms with Gasteiger partial charge in [0.15, 0.2) is 0 Å². The van der Waals surface area contributed by atoms with Crippen molar-refractivity contribution < 1.29 is 9.59 Å². The van der Waals surface area contributed by atoms with Gasteiger partial charge in [-0.25, -0.2) is 0 Å². The van der Waals surface area contributed by atoms with Crippen LogP contribution in [0.1, 0.15) is 34.1 Å². The fraction of sp³-hybridized carbons (Fsp3) is 0.818. The molecule has 1 saturated heterocycles. The molecule has 15 heavy (non-hydrogen) atoms. The zero-order valence-corrected chi connectivity index (χ0v) is 9.91. The second-order valence-electron chi connectivity index (χ2n) is 4.90. The van der Waals surface area contributed by atoms with Crippen LogP contribution in [-0.2, 0) is 9.59 Å². The van der Waals surface area contributed by atoms with Gasteiger partial charge in [0.05, 0.1) is 5.41 Å². The van der Waals surface area contributed by atoms with Crippen molar-refractivity contribution >= 4 is 11.8 Å².